The van der Waals surface area contributed by atoms with Gasteiger partial charge in [-0.1, -0.05) is 38.1 Å². The van der Waals surface area contributed by atoms with Crippen LogP contribution in [0.4, 0.5) is 0 Å². The van der Waals surface area contributed by atoms with Crippen molar-refractivity contribution in [2.45, 2.75) is 26.5 Å². The summed E-state index contributed by atoms with van der Waals surface area (Å²) in [4.78, 5) is 0. The van der Waals surface area contributed by atoms with Gasteiger partial charge in [0, 0.05) is 12.0 Å². The first kappa shape index (κ1) is 11.2. The third-order valence-corrected chi connectivity index (χ3v) is 2.77. The number of rotatable bonds is 0. The Hall–Kier alpha value is -0.890. The lowest BCUT2D eigenvalue weighted by Crippen LogP contribution is -1.88. The van der Waals surface area contributed by atoms with Crippen LogP contribution in [-0.2, 0) is 5.75 Å². The van der Waals surface area contributed by atoms with Crippen LogP contribution >= 0.6 is 11.9 Å². The van der Waals surface area contributed by atoms with E-state index < -0.39 is 0 Å². The van der Waals surface area contributed by atoms with Gasteiger partial charge in [0.15, 0.2) is 0 Å². The Morgan fingerprint density at radius 3 is 2.71 bits per heavy atom. The van der Waals surface area contributed by atoms with E-state index in [4.69, 9.17) is 0 Å². The van der Waals surface area contributed by atoms with Crippen LogP contribution < -0.4 is 4.72 Å². The predicted octanol–water partition coefficient (Wildman–Crippen LogP) is 3.83. The molecule has 0 aromatic heterocycles. The summed E-state index contributed by atoms with van der Waals surface area (Å²) in [5, 5.41) is 0. The van der Waals surface area contributed by atoms with Gasteiger partial charge in [-0.25, -0.2) is 0 Å². The molecule has 14 heavy (non-hydrogen) atoms. The van der Waals surface area contributed by atoms with Crippen molar-refractivity contribution in [1.82, 2.24) is 4.72 Å². The van der Waals surface area contributed by atoms with Gasteiger partial charge in [0.25, 0.3) is 0 Å². The Morgan fingerprint density at radius 2 is 1.93 bits per heavy atom. The van der Waals surface area contributed by atoms with Crippen molar-refractivity contribution < 1.29 is 0 Å². The smallest absolute Gasteiger partial charge is 0.0389 e. The SMILES string of the molecule is CC.CC1=CNSCc2ccccc21. The summed E-state index contributed by atoms with van der Waals surface area (Å²) in [5.74, 6) is 1.05. The molecule has 2 rings (SSSR count). The molecule has 1 aromatic carbocycles. The minimum Gasteiger partial charge on any atom is -0.336 e. The molecule has 0 bridgehead atoms. The molecule has 0 saturated carbocycles. The average Bonchev–Trinajstić information content (AvgIpc) is 2.45. The number of hydrogen-bond donors (Lipinski definition) is 1. The Labute approximate surface area is 90.7 Å². The Morgan fingerprint density at radius 1 is 1.21 bits per heavy atom. The van der Waals surface area contributed by atoms with Crippen molar-refractivity contribution in [2.24, 2.45) is 0 Å². The molecule has 0 saturated heterocycles. The highest BCUT2D eigenvalue weighted by Gasteiger charge is 2.06. The average molecular weight is 207 g/mol. The monoisotopic (exact) mass is 207 g/mol. The first-order chi connectivity index (χ1) is 6.88. The summed E-state index contributed by atoms with van der Waals surface area (Å²) in [6, 6.07) is 8.55. The van der Waals surface area contributed by atoms with Gasteiger partial charge in [-0.15, -0.1) is 0 Å². The summed E-state index contributed by atoms with van der Waals surface area (Å²) in [5.41, 5.74) is 4.10. The molecule has 1 aromatic rings. The van der Waals surface area contributed by atoms with Crippen LogP contribution in [0.3, 0.4) is 0 Å². The number of fused-ring (bicyclic) bond motifs is 1. The Kier molecular flexibility index (Phi) is 4.60. The lowest BCUT2D eigenvalue weighted by molar-refractivity contribution is 1.37. The summed E-state index contributed by atoms with van der Waals surface area (Å²) in [7, 11) is 0. The van der Waals surface area contributed by atoms with Crippen molar-refractivity contribution in [2.75, 3.05) is 0 Å². The second kappa shape index (κ2) is 5.76. The van der Waals surface area contributed by atoms with Crippen molar-refractivity contribution in [3.8, 4) is 0 Å². The molecule has 0 atom stereocenters. The van der Waals surface area contributed by atoms with Gasteiger partial charge < -0.3 is 4.72 Å². The van der Waals surface area contributed by atoms with Gasteiger partial charge >= 0.3 is 0 Å². The van der Waals surface area contributed by atoms with Crippen molar-refractivity contribution >= 4 is 17.5 Å². The Balaban J connectivity index is 0.000000461. The maximum Gasteiger partial charge on any atom is 0.0389 e. The highest BCUT2D eigenvalue weighted by Crippen LogP contribution is 2.24. The zero-order chi connectivity index (χ0) is 10.4. The lowest BCUT2D eigenvalue weighted by Gasteiger charge is -2.03. The normalized spacial score (nSPS) is 13.8. The zero-order valence-electron chi connectivity index (χ0n) is 9.00. The van der Waals surface area contributed by atoms with E-state index in [1.807, 2.05) is 13.8 Å². The first-order valence-corrected chi connectivity index (χ1v) is 5.99. The largest absolute Gasteiger partial charge is 0.336 e. The van der Waals surface area contributed by atoms with Crippen LogP contribution in [0, 0.1) is 0 Å². The maximum atomic E-state index is 3.20. The first-order valence-electron chi connectivity index (χ1n) is 5.00. The van der Waals surface area contributed by atoms with E-state index in [1.54, 1.807) is 11.9 Å². The van der Waals surface area contributed by atoms with E-state index in [9.17, 15) is 0 Å². The van der Waals surface area contributed by atoms with Crippen LogP contribution in [0.25, 0.3) is 5.57 Å². The molecule has 1 aliphatic rings. The van der Waals surface area contributed by atoms with E-state index in [1.165, 1.54) is 16.7 Å². The molecule has 2 heteroatoms. The van der Waals surface area contributed by atoms with E-state index in [-0.39, 0.29) is 0 Å². The van der Waals surface area contributed by atoms with Gasteiger partial charge in [-0.3, -0.25) is 0 Å². The van der Waals surface area contributed by atoms with Crippen LogP contribution in [0.1, 0.15) is 31.9 Å². The number of hydrogen-bond acceptors (Lipinski definition) is 2. The molecule has 1 heterocycles. The van der Waals surface area contributed by atoms with Gasteiger partial charge in [0.05, 0.1) is 0 Å². The second-order valence-electron chi connectivity index (χ2n) is 2.89. The predicted molar refractivity (Wildman–Crippen MR) is 65.9 cm³/mol. The van der Waals surface area contributed by atoms with Crippen LogP contribution in [0.15, 0.2) is 30.5 Å². The van der Waals surface area contributed by atoms with E-state index in [2.05, 4.69) is 42.1 Å². The molecule has 76 valence electrons. The van der Waals surface area contributed by atoms with Crippen molar-refractivity contribution in [1.29, 1.82) is 0 Å². The van der Waals surface area contributed by atoms with E-state index >= 15 is 0 Å². The topological polar surface area (TPSA) is 12.0 Å². The van der Waals surface area contributed by atoms with Gasteiger partial charge in [0.2, 0.25) is 0 Å². The lowest BCUT2D eigenvalue weighted by atomic mass is 10.0. The summed E-state index contributed by atoms with van der Waals surface area (Å²) in [6.45, 7) is 6.14. The zero-order valence-corrected chi connectivity index (χ0v) is 9.82. The third-order valence-electron chi connectivity index (χ3n) is 2.03. The molecule has 1 aliphatic heterocycles. The van der Waals surface area contributed by atoms with E-state index in [0.717, 1.165) is 5.75 Å². The minimum atomic E-state index is 1.05. The molecule has 0 unspecified atom stereocenters. The van der Waals surface area contributed by atoms with Gasteiger partial charge in [0.1, 0.15) is 0 Å². The Bertz CT molecular complexity index is 318. The third kappa shape index (κ3) is 2.55. The fraction of sp³-hybridized carbons (Fsp3) is 0.333. The summed E-state index contributed by atoms with van der Waals surface area (Å²) < 4.78 is 3.20. The molecule has 0 aliphatic carbocycles. The minimum absolute atomic E-state index is 1.05. The molecular weight excluding hydrogens is 190 g/mol. The van der Waals surface area contributed by atoms with E-state index in [0.29, 0.717) is 0 Å². The fourth-order valence-electron chi connectivity index (χ4n) is 1.36. The molecule has 0 spiro atoms. The highest BCUT2D eigenvalue weighted by atomic mass is 32.2. The number of nitrogens with one attached hydrogen (secondary N) is 1. The number of allylic oxidation sites excluding steroid dienone is 1. The van der Waals surface area contributed by atoms with Crippen molar-refractivity contribution in [3.63, 3.8) is 0 Å². The van der Waals surface area contributed by atoms with Gasteiger partial charge in [-0.05, 0) is 35.6 Å². The second-order valence-corrected chi connectivity index (χ2v) is 3.70. The van der Waals surface area contributed by atoms with Crippen molar-refractivity contribution in [3.05, 3.63) is 41.6 Å². The molecule has 0 fully saturated rings. The highest BCUT2D eigenvalue weighted by molar-refractivity contribution is 7.96. The number of benzene rings is 1. The molecule has 0 radical (unpaired) electrons. The van der Waals surface area contributed by atoms with Gasteiger partial charge in [-0.2, -0.15) is 0 Å². The standard InChI is InChI=1S/C10H11NS.C2H6/c1-8-6-11-12-7-9-4-2-3-5-10(8)9;1-2/h2-6,11H,7H2,1H3;1-2H3. The maximum absolute atomic E-state index is 3.20. The van der Waals surface area contributed by atoms with Crippen LogP contribution in [0.2, 0.25) is 0 Å². The molecular formula is C12H17NS. The fourth-order valence-corrected chi connectivity index (χ4v) is 2.11. The van der Waals surface area contributed by atoms with Crippen LogP contribution in [0.5, 0.6) is 0 Å². The molecule has 0 amide bonds. The summed E-state index contributed by atoms with van der Waals surface area (Å²) >= 11 is 1.74. The molecule has 1 nitrogen and oxygen atoms in total. The summed E-state index contributed by atoms with van der Waals surface area (Å²) in [6.07, 6.45) is 2.07. The van der Waals surface area contributed by atoms with Crippen LogP contribution in [-0.4, -0.2) is 0 Å². The molecule has 1 N–H and O–H groups in total. The quantitative estimate of drug-likeness (QED) is 0.649.